The highest BCUT2D eigenvalue weighted by molar-refractivity contribution is 6.61. The quantitative estimate of drug-likeness (QED) is 0.807. The van der Waals surface area contributed by atoms with Crippen LogP contribution in [0.3, 0.4) is 0 Å². The summed E-state index contributed by atoms with van der Waals surface area (Å²) in [5.41, 5.74) is 1.02. The van der Waals surface area contributed by atoms with Gasteiger partial charge in [-0.05, 0) is 6.07 Å². The number of nitrogens with zero attached hydrogens (tertiary/aromatic N) is 1. The maximum atomic E-state index is 13.6. The number of hydrogen-bond donors (Lipinski definition) is 0. The van der Waals surface area contributed by atoms with Gasteiger partial charge in [0.1, 0.15) is 11.3 Å². The number of aromatic nitrogens is 1. The third kappa shape index (κ3) is 2.93. The van der Waals surface area contributed by atoms with Gasteiger partial charge in [0, 0.05) is 42.8 Å². The summed E-state index contributed by atoms with van der Waals surface area (Å²) in [4.78, 5) is 4.17. The molecule has 0 radical (unpaired) electrons. The van der Waals surface area contributed by atoms with Gasteiger partial charge in [0.2, 0.25) is 0 Å². The van der Waals surface area contributed by atoms with Crippen molar-refractivity contribution in [3.05, 3.63) is 36.3 Å². The van der Waals surface area contributed by atoms with E-state index in [1.54, 1.807) is 19.4 Å². The van der Waals surface area contributed by atoms with E-state index >= 15 is 0 Å². The minimum Gasteiger partial charge on any atom is -0.406 e. The minimum absolute atomic E-state index is 0.137. The van der Waals surface area contributed by atoms with Crippen molar-refractivity contribution in [2.75, 3.05) is 26.9 Å². The first-order valence-corrected chi connectivity index (χ1v) is 6.88. The van der Waals surface area contributed by atoms with E-state index in [0.29, 0.717) is 25.3 Å². The second-order valence-corrected chi connectivity index (χ2v) is 5.78. The van der Waals surface area contributed by atoms with Crippen LogP contribution in [0.15, 0.2) is 30.5 Å². The molecule has 1 aromatic heterocycles. The molecule has 0 amide bonds. The van der Waals surface area contributed by atoms with Crippen molar-refractivity contribution in [2.45, 2.75) is 6.92 Å². The molecule has 6 heteroatoms. The Morgan fingerprint density at radius 2 is 2.14 bits per heavy atom. The van der Waals surface area contributed by atoms with Crippen LogP contribution in [-0.4, -0.2) is 39.0 Å². The predicted octanol–water partition coefficient (Wildman–Crippen LogP) is 1.77. The molecule has 0 saturated carbocycles. The van der Waals surface area contributed by atoms with Gasteiger partial charge >= 0.3 is 7.12 Å². The average molecular weight is 289 g/mol. The normalized spacial score (nSPS) is 18.1. The van der Waals surface area contributed by atoms with E-state index in [0.717, 1.165) is 10.8 Å². The fraction of sp³-hybridized carbons (Fsp3) is 0.400. The summed E-state index contributed by atoms with van der Waals surface area (Å²) in [7, 11) is 1.20. The van der Waals surface area contributed by atoms with Crippen molar-refractivity contribution in [1.82, 2.24) is 4.98 Å². The zero-order valence-corrected chi connectivity index (χ0v) is 12.1. The Morgan fingerprint density at radius 1 is 1.38 bits per heavy atom. The summed E-state index contributed by atoms with van der Waals surface area (Å²) < 4.78 is 30.3. The number of halogens is 1. The highest BCUT2D eigenvalue weighted by Gasteiger charge is 2.36. The van der Waals surface area contributed by atoms with Crippen LogP contribution in [0.5, 0.6) is 0 Å². The third-order valence-corrected chi connectivity index (χ3v) is 3.61. The summed E-state index contributed by atoms with van der Waals surface area (Å²) in [6.45, 7) is 3.74. The Morgan fingerprint density at radius 3 is 2.86 bits per heavy atom. The molecule has 3 rings (SSSR count). The van der Waals surface area contributed by atoms with Crippen LogP contribution in [0.25, 0.3) is 10.9 Å². The van der Waals surface area contributed by atoms with Crippen LogP contribution in [-0.2, 0) is 14.0 Å². The Labute approximate surface area is 123 Å². The Bertz CT molecular complexity index is 644. The molecule has 0 spiro atoms. The molecule has 0 atom stereocenters. The topological polar surface area (TPSA) is 40.6 Å². The fourth-order valence-electron chi connectivity index (χ4n) is 2.54. The molecule has 1 aromatic carbocycles. The van der Waals surface area contributed by atoms with Crippen LogP contribution >= 0.6 is 0 Å². The van der Waals surface area contributed by atoms with Crippen LogP contribution in [0, 0.1) is 11.2 Å². The van der Waals surface area contributed by atoms with Crippen LogP contribution < -0.4 is 5.46 Å². The second kappa shape index (κ2) is 5.71. The minimum atomic E-state index is -0.463. The van der Waals surface area contributed by atoms with Crippen molar-refractivity contribution in [3.8, 4) is 0 Å². The summed E-state index contributed by atoms with van der Waals surface area (Å²) in [5, 5.41) is 0.741. The van der Waals surface area contributed by atoms with Gasteiger partial charge in [0.25, 0.3) is 0 Å². The van der Waals surface area contributed by atoms with Crippen LogP contribution in [0.4, 0.5) is 4.39 Å². The standard InChI is InChI=1S/C15H17BFNO3/c1-15(8-19-2)9-20-16(21-10-15)12-6-11-4-3-5-13(17)14(11)18-7-12/h3-7H,8-10H2,1-2H3. The van der Waals surface area contributed by atoms with Crippen molar-refractivity contribution < 1.29 is 18.4 Å². The lowest BCUT2D eigenvalue weighted by molar-refractivity contribution is -0.0276. The molecule has 0 N–H and O–H groups in total. The molecule has 0 aliphatic carbocycles. The maximum absolute atomic E-state index is 13.6. The van der Waals surface area contributed by atoms with E-state index in [-0.39, 0.29) is 11.2 Å². The van der Waals surface area contributed by atoms with Gasteiger partial charge in [-0.2, -0.15) is 0 Å². The first kappa shape index (κ1) is 14.4. The number of pyridine rings is 1. The van der Waals surface area contributed by atoms with Gasteiger partial charge in [-0.3, -0.25) is 4.98 Å². The molecule has 1 fully saturated rings. The number of hydrogen-bond acceptors (Lipinski definition) is 4. The van der Waals surface area contributed by atoms with Crippen molar-refractivity contribution >= 4 is 23.5 Å². The summed E-state index contributed by atoms with van der Waals surface area (Å²) in [6, 6.07) is 6.75. The molecule has 110 valence electrons. The summed E-state index contributed by atoms with van der Waals surface area (Å²) >= 11 is 0. The van der Waals surface area contributed by atoms with Gasteiger partial charge in [0.05, 0.1) is 6.61 Å². The van der Waals surface area contributed by atoms with E-state index in [1.807, 2.05) is 12.1 Å². The Kier molecular flexibility index (Phi) is 3.93. The fourth-order valence-corrected chi connectivity index (χ4v) is 2.54. The van der Waals surface area contributed by atoms with Crippen LogP contribution in [0.1, 0.15) is 6.92 Å². The van der Waals surface area contributed by atoms with E-state index < -0.39 is 7.12 Å². The highest BCUT2D eigenvalue weighted by atomic mass is 19.1. The predicted molar refractivity (Wildman–Crippen MR) is 79.0 cm³/mol. The Hall–Kier alpha value is -1.50. The van der Waals surface area contributed by atoms with Crippen LogP contribution in [0.2, 0.25) is 0 Å². The molecular weight excluding hydrogens is 272 g/mol. The lowest BCUT2D eigenvalue weighted by Gasteiger charge is -2.35. The van der Waals surface area contributed by atoms with Gasteiger partial charge in [0.15, 0.2) is 0 Å². The number of methoxy groups -OCH3 is 1. The second-order valence-electron chi connectivity index (χ2n) is 5.78. The molecule has 2 aromatic rings. The summed E-state index contributed by atoms with van der Waals surface area (Å²) in [5.74, 6) is -0.322. The zero-order valence-electron chi connectivity index (χ0n) is 12.1. The SMILES string of the molecule is COCC1(C)COB(c2cnc3c(F)cccc3c2)OC1. The average Bonchev–Trinajstić information content (AvgIpc) is 2.48. The first-order chi connectivity index (χ1) is 10.1. The van der Waals surface area contributed by atoms with E-state index in [4.69, 9.17) is 14.0 Å². The monoisotopic (exact) mass is 289 g/mol. The number of ether oxygens (including phenoxy) is 1. The zero-order chi connectivity index (χ0) is 14.9. The molecule has 4 nitrogen and oxygen atoms in total. The van der Waals surface area contributed by atoms with Crippen molar-refractivity contribution in [2.24, 2.45) is 5.41 Å². The Balaban J connectivity index is 1.79. The van der Waals surface area contributed by atoms with Gasteiger partial charge < -0.3 is 14.0 Å². The van der Waals surface area contributed by atoms with E-state index in [1.165, 1.54) is 6.07 Å². The number of benzene rings is 1. The first-order valence-electron chi connectivity index (χ1n) is 6.88. The highest BCUT2D eigenvalue weighted by Crippen LogP contribution is 2.23. The lowest BCUT2D eigenvalue weighted by Crippen LogP contribution is -2.50. The smallest absolute Gasteiger partial charge is 0.406 e. The molecular formula is C15H17BFNO3. The van der Waals surface area contributed by atoms with E-state index in [9.17, 15) is 4.39 Å². The number of para-hydroxylation sites is 1. The van der Waals surface area contributed by atoms with Crippen molar-refractivity contribution in [3.63, 3.8) is 0 Å². The van der Waals surface area contributed by atoms with Crippen molar-refractivity contribution in [1.29, 1.82) is 0 Å². The lowest BCUT2D eigenvalue weighted by atomic mass is 9.76. The molecule has 1 saturated heterocycles. The molecule has 0 unspecified atom stereocenters. The maximum Gasteiger partial charge on any atom is 0.495 e. The van der Waals surface area contributed by atoms with Gasteiger partial charge in [-0.15, -0.1) is 0 Å². The van der Waals surface area contributed by atoms with Gasteiger partial charge in [-0.1, -0.05) is 25.1 Å². The largest absolute Gasteiger partial charge is 0.495 e. The molecule has 21 heavy (non-hydrogen) atoms. The number of fused-ring (bicyclic) bond motifs is 1. The summed E-state index contributed by atoms with van der Waals surface area (Å²) in [6.07, 6.45) is 1.61. The molecule has 1 aliphatic heterocycles. The molecule has 2 heterocycles. The van der Waals surface area contributed by atoms with E-state index in [2.05, 4.69) is 11.9 Å². The molecule has 1 aliphatic rings. The molecule has 0 bridgehead atoms. The number of rotatable bonds is 3. The van der Waals surface area contributed by atoms with Gasteiger partial charge in [-0.25, -0.2) is 4.39 Å². The third-order valence-electron chi connectivity index (χ3n) is 3.61.